The molecule has 0 heterocycles. The van der Waals surface area contributed by atoms with Gasteiger partial charge in [0.2, 0.25) is 0 Å². The van der Waals surface area contributed by atoms with Crippen LogP contribution in [-0.4, -0.2) is 0 Å². The second-order valence-electron chi connectivity index (χ2n) is 14.7. The Kier molecular flexibility index (Phi) is 12.4. The lowest BCUT2D eigenvalue weighted by Gasteiger charge is -2.26. The fraction of sp³-hybridized carbons (Fsp3) is 0.148. The van der Waals surface area contributed by atoms with E-state index >= 15 is 0 Å². The van der Waals surface area contributed by atoms with Gasteiger partial charge in [0, 0.05) is 34.1 Å². The van der Waals surface area contributed by atoms with E-state index in [1.807, 2.05) is 0 Å². The van der Waals surface area contributed by atoms with Gasteiger partial charge in [0.1, 0.15) is 0 Å². The smallest absolute Gasteiger partial charge is 0.0462 e. The van der Waals surface area contributed by atoms with Crippen molar-refractivity contribution in [3.63, 3.8) is 0 Å². The van der Waals surface area contributed by atoms with E-state index in [1.165, 1.54) is 22.3 Å². The largest absolute Gasteiger partial charge is 0.311 e. The zero-order valence-corrected chi connectivity index (χ0v) is 33.1. The number of anilines is 6. The first-order valence-corrected chi connectivity index (χ1v) is 20.1. The minimum absolute atomic E-state index is 0.554. The molecule has 0 aliphatic heterocycles. The molecule has 0 aromatic heterocycles. The topological polar surface area (TPSA) is 6.48 Å². The first-order valence-electron chi connectivity index (χ1n) is 20.1. The third-order valence-electron chi connectivity index (χ3n) is 10.9. The van der Waals surface area contributed by atoms with Crippen LogP contribution in [0.25, 0.3) is 24.3 Å². The zero-order valence-electron chi connectivity index (χ0n) is 33.1. The molecule has 56 heavy (non-hydrogen) atoms. The Bertz CT molecular complexity index is 2130. The summed E-state index contributed by atoms with van der Waals surface area (Å²) in [6.45, 7) is 9.07. The van der Waals surface area contributed by atoms with Crippen LogP contribution in [0.2, 0.25) is 0 Å². The lowest BCUT2D eigenvalue weighted by Crippen LogP contribution is -2.10. The van der Waals surface area contributed by atoms with Crippen molar-refractivity contribution < 1.29 is 0 Å². The number of benzene rings is 7. The van der Waals surface area contributed by atoms with Gasteiger partial charge in [0.05, 0.1) is 0 Å². The molecule has 2 heteroatoms. The molecule has 0 radical (unpaired) electrons. The van der Waals surface area contributed by atoms with Crippen molar-refractivity contribution in [2.75, 3.05) is 9.80 Å². The average Bonchev–Trinajstić information content (AvgIpc) is 3.27. The lowest BCUT2D eigenvalue weighted by atomic mass is 9.98. The summed E-state index contributed by atoms with van der Waals surface area (Å²) in [5.41, 5.74) is 14.3. The van der Waals surface area contributed by atoms with Crippen LogP contribution in [0.1, 0.15) is 85.8 Å². The summed E-state index contributed by atoms with van der Waals surface area (Å²) in [4.78, 5) is 4.64. The molecule has 7 aromatic rings. The summed E-state index contributed by atoms with van der Waals surface area (Å²) in [6, 6.07) is 65.6. The van der Waals surface area contributed by atoms with E-state index in [-0.39, 0.29) is 0 Å². The minimum atomic E-state index is 0.554. The second-order valence-corrected chi connectivity index (χ2v) is 14.7. The SMILES string of the molecule is CCC(C)c1ccc(N(c2ccccc2)c2ccc(/C=C/c3ccc(/C=C/c4ccc(N(c5ccccc5)c5ccc(C(C)CC)cc5)cc4)cc3)cc2)cc1. The van der Waals surface area contributed by atoms with Crippen molar-refractivity contribution in [1.29, 1.82) is 0 Å². The van der Waals surface area contributed by atoms with Crippen LogP contribution in [0.15, 0.2) is 182 Å². The molecule has 0 saturated carbocycles. The molecule has 2 nitrogen and oxygen atoms in total. The summed E-state index contributed by atoms with van der Waals surface area (Å²) in [7, 11) is 0. The molecule has 0 saturated heterocycles. The van der Waals surface area contributed by atoms with Gasteiger partial charge in [-0.05, 0) is 131 Å². The van der Waals surface area contributed by atoms with Crippen molar-refractivity contribution in [2.24, 2.45) is 0 Å². The number of rotatable bonds is 14. The van der Waals surface area contributed by atoms with Gasteiger partial charge < -0.3 is 9.80 Å². The highest BCUT2D eigenvalue weighted by atomic mass is 15.1. The Labute approximate surface area is 334 Å². The second kappa shape index (κ2) is 18.3. The highest BCUT2D eigenvalue weighted by Crippen LogP contribution is 2.37. The predicted molar refractivity (Wildman–Crippen MR) is 244 cm³/mol. The molecular formula is C54H52N2. The summed E-state index contributed by atoms with van der Waals surface area (Å²) in [5.74, 6) is 1.11. The third-order valence-corrected chi connectivity index (χ3v) is 10.9. The van der Waals surface area contributed by atoms with Gasteiger partial charge in [-0.2, -0.15) is 0 Å². The van der Waals surface area contributed by atoms with Crippen molar-refractivity contribution in [1.82, 2.24) is 0 Å². The van der Waals surface area contributed by atoms with Gasteiger partial charge in [-0.1, -0.05) is 161 Å². The van der Waals surface area contributed by atoms with Gasteiger partial charge in [-0.25, -0.2) is 0 Å². The minimum Gasteiger partial charge on any atom is -0.311 e. The monoisotopic (exact) mass is 728 g/mol. The number of hydrogen-bond donors (Lipinski definition) is 0. The van der Waals surface area contributed by atoms with E-state index in [0.717, 1.165) is 58.1 Å². The molecule has 0 fully saturated rings. The molecule has 0 bridgehead atoms. The Hall–Kier alpha value is -6.38. The number of para-hydroxylation sites is 2. The van der Waals surface area contributed by atoms with Crippen LogP contribution < -0.4 is 9.80 Å². The van der Waals surface area contributed by atoms with Gasteiger partial charge in [-0.3, -0.25) is 0 Å². The van der Waals surface area contributed by atoms with E-state index in [9.17, 15) is 0 Å². The Balaban J connectivity index is 1.01. The molecule has 0 N–H and O–H groups in total. The molecule has 0 spiro atoms. The Morgan fingerprint density at radius 1 is 0.321 bits per heavy atom. The molecule has 0 aliphatic rings. The molecule has 2 atom stereocenters. The molecule has 278 valence electrons. The predicted octanol–water partition coefficient (Wildman–Crippen LogP) is 16.0. The van der Waals surface area contributed by atoms with Gasteiger partial charge in [0.25, 0.3) is 0 Å². The van der Waals surface area contributed by atoms with Gasteiger partial charge in [-0.15, -0.1) is 0 Å². The van der Waals surface area contributed by atoms with E-state index in [1.54, 1.807) is 0 Å². The molecule has 0 aliphatic carbocycles. The summed E-state index contributed by atoms with van der Waals surface area (Å²) in [6.07, 6.45) is 11.0. The fourth-order valence-electron chi connectivity index (χ4n) is 7.00. The Morgan fingerprint density at radius 2 is 0.554 bits per heavy atom. The van der Waals surface area contributed by atoms with Crippen molar-refractivity contribution in [2.45, 2.75) is 52.4 Å². The van der Waals surface area contributed by atoms with Crippen LogP contribution >= 0.6 is 0 Å². The first kappa shape index (κ1) is 37.9. The molecule has 2 unspecified atom stereocenters. The van der Waals surface area contributed by atoms with Crippen LogP contribution in [0.3, 0.4) is 0 Å². The van der Waals surface area contributed by atoms with E-state index in [2.05, 4.69) is 244 Å². The maximum Gasteiger partial charge on any atom is 0.0462 e. The number of hydrogen-bond acceptors (Lipinski definition) is 2. The molecular weight excluding hydrogens is 677 g/mol. The quantitative estimate of drug-likeness (QED) is 0.103. The average molecular weight is 729 g/mol. The maximum atomic E-state index is 2.32. The van der Waals surface area contributed by atoms with Crippen LogP contribution in [0, 0.1) is 0 Å². The Morgan fingerprint density at radius 3 is 0.821 bits per heavy atom. The van der Waals surface area contributed by atoms with Crippen LogP contribution in [0.4, 0.5) is 34.1 Å². The van der Waals surface area contributed by atoms with E-state index < -0.39 is 0 Å². The third kappa shape index (κ3) is 9.28. The van der Waals surface area contributed by atoms with Crippen molar-refractivity contribution in [3.05, 3.63) is 215 Å². The summed E-state index contributed by atoms with van der Waals surface area (Å²) in [5, 5.41) is 0. The molecule has 7 aromatic carbocycles. The molecule has 7 rings (SSSR count). The summed E-state index contributed by atoms with van der Waals surface area (Å²) >= 11 is 0. The van der Waals surface area contributed by atoms with Crippen LogP contribution in [-0.2, 0) is 0 Å². The lowest BCUT2D eigenvalue weighted by molar-refractivity contribution is 0.733. The fourth-order valence-corrected chi connectivity index (χ4v) is 7.00. The highest BCUT2D eigenvalue weighted by Gasteiger charge is 2.14. The summed E-state index contributed by atoms with van der Waals surface area (Å²) < 4.78 is 0. The van der Waals surface area contributed by atoms with Gasteiger partial charge in [0.15, 0.2) is 0 Å². The van der Waals surface area contributed by atoms with Crippen LogP contribution in [0.5, 0.6) is 0 Å². The van der Waals surface area contributed by atoms with Crippen molar-refractivity contribution >= 4 is 58.4 Å². The zero-order chi connectivity index (χ0) is 38.7. The normalized spacial score (nSPS) is 12.5. The van der Waals surface area contributed by atoms with Crippen molar-refractivity contribution in [3.8, 4) is 0 Å². The molecule has 0 amide bonds. The number of nitrogens with zero attached hydrogens (tertiary/aromatic N) is 2. The maximum absolute atomic E-state index is 2.32. The van der Waals surface area contributed by atoms with E-state index in [0.29, 0.717) is 11.8 Å². The van der Waals surface area contributed by atoms with E-state index in [4.69, 9.17) is 0 Å². The van der Waals surface area contributed by atoms with Gasteiger partial charge >= 0.3 is 0 Å². The first-order chi connectivity index (χ1) is 27.5. The highest BCUT2D eigenvalue weighted by molar-refractivity contribution is 5.80. The standard InChI is InChI=1S/C54H52N2/c1-5-41(3)47-29-37-53(38-30-47)55(49-13-9-7-10-14-49)51-33-25-45(26-34-51)23-21-43-17-19-44(20-18-43)22-24-46-27-35-52(36-28-46)56(50-15-11-8-12-16-50)54-39-31-48(32-40-54)42(4)6-2/h7-42H,5-6H2,1-4H3/b23-21+,24-22+.